The number of rotatable bonds is 4. The van der Waals surface area contributed by atoms with Crippen LogP contribution in [0.5, 0.6) is 0 Å². The molecule has 100 valence electrons. The van der Waals surface area contributed by atoms with Crippen molar-refractivity contribution >= 4 is 11.6 Å². The monoisotopic (exact) mass is 268 g/mol. The lowest BCUT2D eigenvalue weighted by Gasteiger charge is -2.38. The molecule has 1 aliphatic heterocycles. The van der Waals surface area contributed by atoms with Crippen molar-refractivity contribution in [1.82, 2.24) is 9.88 Å². The Kier molecular flexibility index (Phi) is 4.98. The standard InChI is InChI=1S/C14H21ClN2O/c1-2-14(18)13-5-3-4-8-17(13)10-11-6-7-16-9-12(11)15/h6-7,9,13-14,18H,2-5,8,10H2,1H3. The molecule has 1 saturated heterocycles. The Hall–Kier alpha value is -0.640. The van der Waals surface area contributed by atoms with Crippen molar-refractivity contribution in [2.45, 2.75) is 51.3 Å². The van der Waals surface area contributed by atoms with Gasteiger partial charge in [0.1, 0.15) is 0 Å². The van der Waals surface area contributed by atoms with Gasteiger partial charge < -0.3 is 5.11 Å². The minimum Gasteiger partial charge on any atom is -0.392 e. The molecule has 1 aromatic heterocycles. The van der Waals surface area contributed by atoms with Crippen molar-refractivity contribution in [3.63, 3.8) is 0 Å². The van der Waals surface area contributed by atoms with E-state index in [1.807, 2.05) is 13.0 Å². The second-order valence-corrected chi connectivity index (χ2v) is 5.38. The summed E-state index contributed by atoms with van der Waals surface area (Å²) in [5.41, 5.74) is 1.10. The number of piperidine rings is 1. The van der Waals surface area contributed by atoms with Crippen LogP contribution >= 0.6 is 11.6 Å². The molecule has 0 aliphatic carbocycles. The van der Waals surface area contributed by atoms with Gasteiger partial charge in [-0.2, -0.15) is 0 Å². The molecule has 0 aromatic carbocycles. The largest absolute Gasteiger partial charge is 0.392 e. The van der Waals surface area contributed by atoms with Gasteiger partial charge in [-0.15, -0.1) is 0 Å². The summed E-state index contributed by atoms with van der Waals surface area (Å²) in [4.78, 5) is 6.37. The molecule has 1 fully saturated rings. The van der Waals surface area contributed by atoms with Crippen molar-refractivity contribution < 1.29 is 5.11 Å². The zero-order valence-corrected chi connectivity index (χ0v) is 11.6. The molecule has 4 heteroatoms. The number of likely N-dealkylation sites (tertiary alicyclic amines) is 1. The number of pyridine rings is 1. The van der Waals surface area contributed by atoms with Crippen LogP contribution in [0.2, 0.25) is 5.02 Å². The van der Waals surface area contributed by atoms with Crippen LogP contribution in [0.15, 0.2) is 18.5 Å². The maximum absolute atomic E-state index is 10.1. The van der Waals surface area contributed by atoms with E-state index in [1.165, 1.54) is 12.8 Å². The van der Waals surface area contributed by atoms with E-state index < -0.39 is 0 Å². The van der Waals surface area contributed by atoms with E-state index in [-0.39, 0.29) is 12.1 Å². The lowest BCUT2D eigenvalue weighted by Crippen LogP contribution is -2.46. The first-order valence-corrected chi connectivity index (χ1v) is 7.10. The summed E-state index contributed by atoms with van der Waals surface area (Å²) < 4.78 is 0. The van der Waals surface area contributed by atoms with Crippen LogP contribution in [0.3, 0.4) is 0 Å². The number of halogens is 1. The Morgan fingerprint density at radius 3 is 3.11 bits per heavy atom. The molecule has 2 unspecified atom stereocenters. The highest BCUT2D eigenvalue weighted by atomic mass is 35.5. The van der Waals surface area contributed by atoms with E-state index in [0.29, 0.717) is 5.02 Å². The summed E-state index contributed by atoms with van der Waals surface area (Å²) in [7, 11) is 0. The smallest absolute Gasteiger partial charge is 0.0692 e. The number of aromatic nitrogens is 1. The molecule has 0 amide bonds. The number of hydrogen-bond acceptors (Lipinski definition) is 3. The molecular weight excluding hydrogens is 248 g/mol. The third-order valence-electron chi connectivity index (χ3n) is 3.76. The van der Waals surface area contributed by atoms with Gasteiger partial charge in [-0.3, -0.25) is 9.88 Å². The average molecular weight is 269 g/mol. The molecule has 1 aromatic rings. The maximum atomic E-state index is 10.1. The molecule has 0 saturated carbocycles. The van der Waals surface area contributed by atoms with Gasteiger partial charge in [0.2, 0.25) is 0 Å². The second kappa shape index (κ2) is 6.50. The predicted molar refractivity (Wildman–Crippen MR) is 73.6 cm³/mol. The summed E-state index contributed by atoms with van der Waals surface area (Å²) in [5.74, 6) is 0. The zero-order chi connectivity index (χ0) is 13.0. The number of nitrogens with zero attached hydrogens (tertiary/aromatic N) is 2. The highest BCUT2D eigenvalue weighted by Crippen LogP contribution is 2.25. The Bertz CT molecular complexity index is 386. The third-order valence-corrected chi connectivity index (χ3v) is 4.10. The van der Waals surface area contributed by atoms with Crippen molar-refractivity contribution in [3.8, 4) is 0 Å². The second-order valence-electron chi connectivity index (χ2n) is 4.98. The summed E-state index contributed by atoms with van der Waals surface area (Å²) >= 11 is 6.15. The Labute approximate surface area is 114 Å². The maximum Gasteiger partial charge on any atom is 0.0692 e. The summed E-state index contributed by atoms with van der Waals surface area (Å²) in [6, 6.07) is 2.24. The molecule has 0 spiro atoms. The Morgan fingerprint density at radius 2 is 2.39 bits per heavy atom. The molecule has 18 heavy (non-hydrogen) atoms. The lowest BCUT2D eigenvalue weighted by molar-refractivity contribution is 0.0195. The fourth-order valence-corrected chi connectivity index (χ4v) is 2.85. The molecule has 3 nitrogen and oxygen atoms in total. The Morgan fingerprint density at radius 1 is 1.56 bits per heavy atom. The van der Waals surface area contributed by atoms with Crippen LogP contribution in [-0.4, -0.2) is 33.7 Å². The van der Waals surface area contributed by atoms with E-state index in [0.717, 1.165) is 31.5 Å². The van der Waals surface area contributed by atoms with Gasteiger partial charge in [0, 0.05) is 25.0 Å². The van der Waals surface area contributed by atoms with E-state index >= 15 is 0 Å². The summed E-state index contributed by atoms with van der Waals surface area (Å²) in [6.07, 6.45) is 7.54. The summed E-state index contributed by atoms with van der Waals surface area (Å²) in [5, 5.41) is 10.8. The molecule has 2 atom stereocenters. The van der Waals surface area contributed by atoms with Crippen LogP contribution in [0, 0.1) is 0 Å². The van der Waals surface area contributed by atoms with Crippen molar-refractivity contribution in [2.75, 3.05) is 6.54 Å². The van der Waals surface area contributed by atoms with E-state index in [4.69, 9.17) is 11.6 Å². The number of aliphatic hydroxyl groups excluding tert-OH is 1. The van der Waals surface area contributed by atoms with E-state index in [2.05, 4.69) is 9.88 Å². The zero-order valence-electron chi connectivity index (χ0n) is 10.8. The van der Waals surface area contributed by atoms with Gasteiger partial charge in [0.25, 0.3) is 0 Å². The quantitative estimate of drug-likeness (QED) is 0.912. The lowest BCUT2D eigenvalue weighted by atomic mass is 9.95. The normalized spacial score (nSPS) is 22.9. The van der Waals surface area contributed by atoms with Crippen molar-refractivity contribution in [3.05, 3.63) is 29.0 Å². The van der Waals surface area contributed by atoms with E-state index in [1.54, 1.807) is 12.4 Å². The molecule has 0 radical (unpaired) electrons. The first-order valence-electron chi connectivity index (χ1n) is 6.73. The average Bonchev–Trinajstić information content (AvgIpc) is 2.41. The fraction of sp³-hybridized carbons (Fsp3) is 0.643. The van der Waals surface area contributed by atoms with Crippen molar-refractivity contribution in [2.24, 2.45) is 0 Å². The number of aliphatic hydroxyl groups is 1. The Balaban J connectivity index is 2.08. The van der Waals surface area contributed by atoms with Crippen LogP contribution in [0.4, 0.5) is 0 Å². The fourth-order valence-electron chi connectivity index (χ4n) is 2.67. The molecule has 1 N–H and O–H groups in total. The third kappa shape index (κ3) is 3.22. The topological polar surface area (TPSA) is 36.4 Å². The highest BCUT2D eigenvalue weighted by molar-refractivity contribution is 6.31. The van der Waals surface area contributed by atoms with Crippen LogP contribution < -0.4 is 0 Å². The first-order chi connectivity index (χ1) is 8.72. The van der Waals surface area contributed by atoms with Gasteiger partial charge in [0.15, 0.2) is 0 Å². The molecular formula is C14H21ClN2O. The van der Waals surface area contributed by atoms with Gasteiger partial charge in [-0.25, -0.2) is 0 Å². The van der Waals surface area contributed by atoms with Crippen molar-refractivity contribution in [1.29, 1.82) is 0 Å². The number of hydrogen-bond donors (Lipinski definition) is 1. The molecule has 2 rings (SSSR count). The predicted octanol–water partition coefficient (Wildman–Crippen LogP) is 2.86. The SMILES string of the molecule is CCC(O)C1CCCCN1Cc1ccncc1Cl. The van der Waals surface area contributed by atoms with Crippen LogP contribution in [-0.2, 0) is 6.54 Å². The molecule has 2 heterocycles. The van der Waals surface area contributed by atoms with Crippen LogP contribution in [0.1, 0.15) is 38.2 Å². The minimum atomic E-state index is -0.231. The minimum absolute atomic E-state index is 0.231. The van der Waals surface area contributed by atoms with Gasteiger partial charge in [-0.1, -0.05) is 24.9 Å². The first kappa shape index (κ1) is 13.8. The molecule has 0 bridgehead atoms. The van der Waals surface area contributed by atoms with Gasteiger partial charge in [0.05, 0.1) is 11.1 Å². The molecule has 1 aliphatic rings. The van der Waals surface area contributed by atoms with Gasteiger partial charge >= 0.3 is 0 Å². The van der Waals surface area contributed by atoms with Gasteiger partial charge in [-0.05, 0) is 37.4 Å². The van der Waals surface area contributed by atoms with Crippen LogP contribution in [0.25, 0.3) is 0 Å². The summed E-state index contributed by atoms with van der Waals surface area (Å²) in [6.45, 7) is 3.89. The highest BCUT2D eigenvalue weighted by Gasteiger charge is 2.27. The van der Waals surface area contributed by atoms with E-state index in [9.17, 15) is 5.11 Å².